The van der Waals surface area contributed by atoms with Crippen molar-refractivity contribution in [2.45, 2.75) is 49.7 Å². The maximum Gasteiger partial charge on any atom is 0.261 e. The number of carbonyl (C=O) groups excluding carboxylic acids is 1. The lowest BCUT2D eigenvalue weighted by Gasteiger charge is -2.18. The Kier molecular flexibility index (Phi) is 5.29. The molecule has 0 aliphatic heterocycles. The lowest BCUT2D eigenvalue weighted by molar-refractivity contribution is 0.0956. The number of thioether (sulfide) groups is 1. The van der Waals surface area contributed by atoms with Gasteiger partial charge in [-0.3, -0.25) is 4.79 Å². The van der Waals surface area contributed by atoms with Gasteiger partial charge in [0.1, 0.15) is 0 Å². The van der Waals surface area contributed by atoms with E-state index in [1.165, 1.54) is 36.3 Å². The van der Waals surface area contributed by atoms with Gasteiger partial charge in [-0.05, 0) is 68.7 Å². The molecule has 1 N–H and O–H groups in total. The standard InChI is InChI=1S/C18H25NOS2/c1-12-8-13(10-15-11-14(15)9-12)4-3-7-19-18(20)16-5-6-17(21-2)22-16/h5-6,12-13H,3-4,7-11H2,1-2H3,(H,19,20). The second kappa shape index (κ2) is 7.22. The van der Waals surface area contributed by atoms with Crippen LogP contribution in [0.4, 0.5) is 0 Å². The first-order chi connectivity index (χ1) is 10.7. The van der Waals surface area contributed by atoms with Crippen LogP contribution in [-0.2, 0) is 0 Å². The molecule has 2 atom stereocenters. The summed E-state index contributed by atoms with van der Waals surface area (Å²) in [6.45, 7) is 3.20. The Hall–Kier alpha value is -0.740. The van der Waals surface area contributed by atoms with E-state index >= 15 is 0 Å². The lowest BCUT2D eigenvalue weighted by atomic mass is 9.88. The monoisotopic (exact) mass is 335 g/mol. The summed E-state index contributed by atoms with van der Waals surface area (Å²) in [5.74, 6) is 1.78. The summed E-state index contributed by atoms with van der Waals surface area (Å²) in [5.41, 5.74) is 3.51. The van der Waals surface area contributed by atoms with Gasteiger partial charge in [0.15, 0.2) is 0 Å². The van der Waals surface area contributed by atoms with Gasteiger partial charge in [0, 0.05) is 6.54 Å². The highest BCUT2D eigenvalue weighted by molar-refractivity contribution is 8.00. The smallest absolute Gasteiger partial charge is 0.261 e. The van der Waals surface area contributed by atoms with Crippen molar-refractivity contribution in [1.82, 2.24) is 5.32 Å². The summed E-state index contributed by atoms with van der Waals surface area (Å²) in [5, 5.41) is 3.07. The Labute approximate surface area is 141 Å². The summed E-state index contributed by atoms with van der Waals surface area (Å²) in [6, 6.07) is 3.96. The van der Waals surface area contributed by atoms with E-state index < -0.39 is 0 Å². The van der Waals surface area contributed by atoms with E-state index in [0.29, 0.717) is 0 Å². The van der Waals surface area contributed by atoms with Crippen molar-refractivity contribution in [2.24, 2.45) is 11.8 Å². The van der Waals surface area contributed by atoms with Crippen molar-refractivity contribution in [2.75, 3.05) is 12.8 Å². The summed E-state index contributed by atoms with van der Waals surface area (Å²) in [7, 11) is 0. The molecule has 0 radical (unpaired) electrons. The van der Waals surface area contributed by atoms with Gasteiger partial charge in [0.2, 0.25) is 0 Å². The Bertz CT molecular complexity index is 575. The molecule has 4 heteroatoms. The first kappa shape index (κ1) is 16.1. The zero-order valence-electron chi connectivity index (χ0n) is 13.5. The van der Waals surface area contributed by atoms with Crippen molar-refractivity contribution in [3.63, 3.8) is 0 Å². The molecule has 1 amide bonds. The van der Waals surface area contributed by atoms with E-state index in [1.54, 1.807) is 34.2 Å². The van der Waals surface area contributed by atoms with Gasteiger partial charge in [-0.15, -0.1) is 23.1 Å². The predicted molar refractivity (Wildman–Crippen MR) is 95.8 cm³/mol. The molecule has 1 heterocycles. The number of allylic oxidation sites excluding steroid dienone is 2. The molecule has 22 heavy (non-hydrogen) atoms. The van der Waals surface area contributed by atoms with Gasteiger partial charge in [-0.25, -0.2) is 0 Å². The van der Waals surface area contributed by atoms with Crippen molar-refractivity contribution in [1.29, 1.82) is 0 Å². The van der Waals surface area contributed by atoms with Crippen LogP contribution in [0.3, 0.4) is 0 Å². The zero-order chi connectivity index (χ0) is 15.5. The molecule has 120 valence electrons. The molecule has 3 rings (SSSR count). The van der Waals surface area contributed by atoms with Gasteiger partial charge in [0.25, 0.3) is 5.91 Å². The molecule has 2 aliphatic rings. The van der Waals surface area contributed by atoms with Crippen LogP contribution in [0.1, 0.15) is 55.1 Å². The first-order valence-corrected chi connectivity index (χ1v) is 10.3. The second-order valence-corrected chi connectivity index (χ2v) is 8.91. The van der Waals surface area contributed by atoms with Gasteiger partial charge in [0.05, 0.1) is 9.09 Å². The zero-order valence-corrected chi connectivity index (χ0v) is 15.1. The first-order valence-electron chi connectivity index (χ1n) is 8.27. The number of rotatable bonds is 6. The van der Waals surface area contributed by atoms with E-state index in [0.717, 1.165) is 29.7 Å². The third kappa shape index (κ3) is 4.17. The average molecular weight is 336 g/mol. The fraction of sp³-hybridized carbons (Fsp3) is 0.611. The van der Waals surface area contributed by atoms with Crippen molar-refractivity contribution in [3.8, 4) is 0 Å². The average Bonchev–Trinajstić information content (AvgIpc) is 3.05. The summed E-state index contributed by atoms with van der Waals surface area (Å²) in [6.07, 6.45) is 9.77. The number of hydrogen-bond acceptors (Lipinski definition) is 3. The minimum absolute atomic E-state index is 0.0896. The molecule has 0 spiro atoms. The quantitative estimate of drug-likeness (QED) is 0.444. The Balaban J connectivity index is 1.38. The number of nitrogens with one attached hydrogen (secondary N) is 1. The van der Waals surface area contributed by atoms with Crippen LogP contribution in [0.5, 0.6) is 0 Å². The lowest BCUT2D eigenvalue weighted by Crippen LogP contribution is -2.24. The molecule has 0 saturated carbocycles. The molecule has 2 unspecified atom stereocenters. The number of thiophene rings is 1. The summed E-state index contributed by atoms with van der Waals surface area (Å²) in [4.78, 5) is 12.9. The maximum absolute atomic E-state index is 12.1. The fourth-order valence-electron chi connectivity index (χ4n) is 3.60. The fourth-order valence-corrected chi connectivity index (χ4v) is 5.06. The molecule has 1 aromatic rings. The minimum atomic E-state index is 0.0896. The summed E-state index contributed by atoms with van der Waals surface area (Å²) < 4.78 is 1.20. The molecule has 0 saturated heterocycles. The predicted octanol–water partition coefficient (Wildman–Crippen LogP) is 5.12. The van der Waals surface area contributed by atoms with E-state index in [9.17, 15) is 4.79 Å². The molecule has 1 aromatic heterocycles. The van der Waals surface area contributed by atoms with Gasteiger partial charge in [-0.1, -0.05) is 18.1 Å². The van der Waals surface area contributed by atoms with Crippen LogP contribution in [0, 0.1) is 11.8 Å². The SMILES string of the molecule is CSc1ccc(C(=O)NCCCC2CC3=C(C3)CC(C)C2)s1. The molecule has 2 nitrogen and oxygen atoms in total. The van der Waals surface area contributed by atoms with Crippen LogP contribution in [-0.4, -0.2) is 18.7 Å². The van der Waals surface area contributed by atoms with E-state index in [1.807, 2.05) is 18.4 Å². The Morgan fingerprint density at radius 3 is 2.95 bits per heavy atom. The highest BCUT2D eigenvalue weighted by Gasteiger charge is 2.30. The number of carbonyl (C=O) groups is 1. The van der Waals surface area contributed by atoms with Crippen LogP contribution in [0.25, 0.3) is 0 Å². The van der Waals surface area contributed by atoms with E-state index in [-0.39, 0.29) is 5.91 Å². The topological polar surface area (TPSA) is 29.1 Å². The van der Waals surface area contributed by atoms with E-state index in [4.69, 9.17) is 0 Å². The third-order valence-electron chi connectivity index (χ3n) is 4.75. The number of hydrogen-bond donors (Lipinski definition) is 1. The molecular weight excluding hydrogens is 310 g/mol. The van der Waals surface area contributed by atoms with Crippen LogP contribution in [0.2, 0.25) is 0 Å². The maximum atomic E-state index is 12.1. The van der Waals surface area contributed by atoms with Gasteiger partial charge < -0.3 is 5.32 Å². The van der Waals surface area contributed by atoms with Crippen LogP contribution < -0.4 is 5.32 Å². The molecular formula is C18H25NOS2. The highest BCUT2D eigenvalue weighted by Crippen LogP contribution is 2.46. The highest BCUT2D eigenvalue weighted by atomic mass is 32.2. The van der Waals surface area contributed by atoms with E-state index in [2.05, 4.69) is 12.2 Å². The summed E-state index contributed by atoms with van der Waals surface area (Å²) >= 11 is 3.28. The van der Waals surface area contributed by atoms with Crippen molar-refractivity contribution >= 4 is 29.0 Å². The Morgan fingerprint density at radius 1 is 1.36 bits per heavy atom. The minimum Gasteiger partial charge on any atom is -0.351 e. The molecule has 0 aromatic carbocycles. The molecule has 0 fully saturated rings. The largest absolute Gasteiger partial charge is 0.351 e. The van der Waals surface area contributed by atoms with Gasteiger partial charge >= 0.3 is 0 Å². The molecule has 2 aliphatic carbocycles. The third-order valence-corrected chi connectivity index (χ3v) is 6.92. The van der Waals surface area contributed by atoms with Crippen LogP contribution in [0.15, 0.2) is 27.5 Å². The molecule has 0 bridgehead atoms. The second-order valence-electron chi connectivity index (χ2n) is 6.72. The van der Waals surface area contributed by atoms with Crippen molar-refractivity contribution < 1.29 is 4.79 Å². The Morgan fingerprint density at radius 2 is 2.18 bits per heavy atom. The van der Waals surface area contributed by atoms with Gasteiger partial charge in [-0.2, -0.15) is 0 Å². The number of amides is 1. The normalized spacial score (nSPS) is 23.9. The van der Waals surface area contributed by atoms with Crippen molar-refractivity contribution in [3.05, 3.63) is 28.2 Å². The van der Waals surface area contributed by atoms with Crippen LogP contribution >= 0.6 is 23.1 Å².